The number of halogens is 1. The lowest BCUT2D eigenvalue weighted by Crippen LogP contribution is -2.59. The van der Waals surface area contributed by atoms with Crippen molar-refractivity contribution in [1.82, 2.24) is 29.2 Å². The molecule has 0 unspecified atom stereocenters. The summed E-state index contributed by atoms with van der Waals surface area (Å²) in [5, 5.41) is 2.74. The van der Waals surface area contributed by atoms with Crippen LogP contribution in [0.5, 0.6) is 0 Å². The number of hydrogen-bond acceptors (Lipinski definition) is 8. The molecule has 12 heteroatoms. The van der Waals surface area contributed by atoms with E-state index in [-0.39, 0.29) is 35.1 Å². The normalized spacial score (nSPS) is 18.0. The third kappa shape index (κ3) is 5.18. The summed E-state index contributed by atoms with van der Waals surface area (Å²) in [4.78, 5) is 47.5. The molecule has 0 bridgehead atoms. The second-order valence-corrected chi connectivity index (χ2v) is 10.9. The van der Waals surface area contributed by atoms with E-state index >= 15 is 0 Å². The lowest BCUT2D eigenvalue weighted by molar-refractivity contribution is 0.00561. The molecule has 4 aromatic rings. The van der Waals surface area contributed by atoms with Crippen LogP contribution in [0.25, 0.3) is 16.7 Å². The summed E-state index contributed by atoms with van der Waals surface area (Å²) >= 11 is 0. The van der Waals surface area contributed by atoms with Crippen molar-refractivity contribution in [1.29, 1.82) is 0 Å². The van der Waals surface area contributed by atoms with Crippen LogP contribution in [-0.2, 0) is 4.74 Å². The number of fused-ring (bicyclic) bond motifs is 2. The largest absolute Gasteiger partial charge is 0.444 e. The Kier molecular flexibility index (Phi) is 6.57. The van der Waals surface area contributed by atoms with E-state index in [1.165, 1.54) is 22.9 Å². The topological polar surface area (TPSA) is 118 Å². The fourth-order valence-electron chi connectivity index (χ4n) is 4.96. The molecule has 39 heavy (non-hydrogen) atoms. The van der Waals surface area contributed by atoms with E-state index in [9.17, 15) is 14.0 Å². The highest BCUT2D eigenvalue weighted by Crippen LogP contribution is 2.29. The number of anilines is 2. The number of piperazine rings is 1. The number of imidazole rings is 1. The molecule has 5 heterocycles. The average molecular weight is 535 g/mol. The van der Waals surface area contributed by atoms with Crippen LogP contribution < -0.4 is 10.2 Å². The standard InChI is InChI=1S/C27H31FN8O3/c1-15-11-34-14-18(9-20(28)23(34)32-15)33-25(37)19-10-31-24(22-21(19)29-7-8-30-22)35-12-16(2)36(17(3)13-35)26(38)39-27(4,5)6/h7-11,14,16-17H,12-13H2,1-6H3,(H,33,37)/t16-,17+. The number of carbonyl (C=O) groups excluding carboxylic acids is 2. The number of carbonyl (C=O) groups is 2. The maximum atomic E-state index is 14.5. The molecular weight excluding hydrogens is 503 g/mol. The fraction of sp³-hybridized carbons (Fsp3) is 0.407. The molecule has 0 saturated carbocycles. The Hall–Kier alpha value is -4.35. The van der Waals surface area contributed by atoms with Gasteiger partial charge in [0.25, 0.3) is 5.91 Å². The molecule has 2 atom stereocenters. The number of aryl methyl sites for hydroxylation is 1. The molecule has 4 aromatic heterocycles. The highest BCUT2D eigenvalue weighted by atomic mass is 19.1. The van der Waals surface area contributed by atoms with E-state index < -0.39 is 17.3 Å². The zero-order chi connectivity index (χ0) is 28.1. The van der Waals surface area contributed by atoms with Crippen molar-refractivity contribution in [2.24, 2.45) is 0 Å². The second kappa shape index (κ2) is 9.75. The summed E-state index contributed by atoms with van der Waals surface area (Å²) in [6.07, 6.45) is 7.42. The molecule has 2 amide bonds. The predicted octanol–water partition coefficient (Wildman–Crippen LogP) is 4.21. The number of amides is 2. The molecule has 11 nitrogen and oxygen atoms in total. The highest BCUT2D eigenvalue weighted by molar-refractivity contribution is 6.12. The zero-order valence-corrected chi connectivity index (χ0v) is 22.8. The monoisotopic (exact) mass is 534 g/mol. The van der Waals surface area contributed by atoms with Gasteiger partial charge in [0.15, 0.2) is 17.3 Å². The van der Waals surface area contributed by atoms with Crippen molar-refractivity contribution in [3.63, 3.8) is 0 Å². The van der Waals surface area contributed by atoms with E-state index in [0.29, 0.717) is 35.6 Å². The molecule has 0 radical (unpaired) electrons. The van der Waals surface area contributed by atoms with Crippen molar-refractivity contribution in [2.45, 2.75) is 59.2 Å². The fourth-order valence-corrected chi connectivity index (χ4v) is 4.96. The van der Waals surface area contributed by atoms with Crippen LogP contribution in [0.3, 0.4) is 0 Å². The Morgan fingerprint density at radius 1 is 1.05 bits per heavy atom. The minimum Gasteiger partial charge on any atom is -0.444 e. The molecule has 0 aromatic carbocycles. The molecule has 0 aliphatic carbocycles. The molecule has 1 fully saturated rings. The zero-order valence-electron chi connectivity index (χ0n) is 22.8. The van der Waals surface area contributed by atoms with Gasteiger partial charge in [0.1, 0.15) is 16.6 Å². The lowest BCUT2D eigenvalue weighted by atomic mass is 10.1. The van der Waals surface area contributed by atoms with Crippen LogP contribution >= 0.6 is 0 Å². The number of aromatic nitrogens is 5. The molecule has 1 saturated heterocycles. The second-order valence-electron chi connectivity index (χ2n) is 10.9. The van der Waals surface area contributed by atoms with Crippen LogP contribution in [0.4, 0.5) is 20.7 Å². The van der Waals surface area contributed by atoms with Gasteiger partial charge < -0.3 is 19.4 Å². The number of nitrogens with zero attached hydrogens (tertiary/aromatic N) is 7. The van der Waals surface area contributed by atoms with Gasteiger partial charge in [0.2, 0.25) is 0 Å². The van der Waals surface area contributed by atoms with Gasteiger partial charge in [-0.2, -0.15) is 0 Å². The number of hydrogen-bond donors (Lipinski definition) is 1. The molecule has 1 aliphatic rings. The SMILES string of the molecule is Cc1cn2cc(NC(=O)c3cnc(N4C[C@@H](C)N(C(=O)OC(C)(C)C)[C@@H](C)C4)c4nccnc34)cc(F)c2n1. The number of pyridine rings is 2. The summed E-state index contributed by atoms with van der Waals surface area (Å²) < 4.78 is 21.7. The smallest absolute Gasteiger partial charge is 0.410 e. The van der Waals surface area contributed by atoms with Crippen LogP contribution in [0.1, 0.15) is 50.7 Å². The molecular formula is C27H31FN8O3. The summed E-state index contributed by atoms with van der Waals surface area (Å²) in [6, 6.07) is 0.913. The Morgan fingerprint density at radius 2 is 1.72 bits per heavy atom. The highest BCUT2D eigenvalue weighted by Gasteiger charge is 2.36. The van der Waals surface area contributed by atoms with Gasteiger partial charge in [0.05, 0.1) is 29.0 Å². The first kappa shape index (κ1) is 26.3. The van der Waals surface area contributed by atoms with Crippen LogP contribution in [0, 0.1) is 12.7 Å². The Labute approximate surface area is 225 Å². The predicted molar refractivity (Wildman–Crippen MR) is 144 cm³/mol. The van der Waals surface area contributed by atoms with Crippen molar-refractivity contribution in [3.8, 4) is 0 Å². The molecule has 1 N–H and O–H groups in total. The van der Waals surface area contributed by atoms with Crippen molar-refractivity contribution < 1.29 is 18.7 Å². The van der Waals surface area contributed by atoms with Crippen LogP contribution in [-0.4, -0.2) is 72.0 Å². The Bertz CT molecular complexity index is 1570. The van der Waals surface area contributed by atoms with Crippen LogP contribution in [0.2, 0.25) is 0 Å². The van der Waals surface area contributed by atoms with Gasteiger partial charge in [-0.25, -0.2) is 24.1 Å². The third-order valence-corrected chi connectivity index (χ3v) is 6.43. The van der Waals surface area contributed by atoms with Gasteiger partial charge >= 0.3 is 6.09 Å². The third-order valence-electron chi connectivity index (χ3n) is 6.43. The van der Waals surface area contributed by atoms with E-state index in [0.717, 1.165) is 0 Å². The van der Waals surface area contributed by atoms with Crippen molar-refractivity contribution in [3.05, 3.63) is 54.1 Å². The number of nitrogens with one attached hydrogen (secondary N) is 1. The molecule has 5 rings (SSSR count). The van der Waals surface area contributed by atoms with Gasteiger partial charge in [-0.05, 0) is 41.5 Å². The van der Waals surface area contributed by atoms with E-state index in [1.807, 2.05) is 39.5 Å². The molecule has 0 spiro atoms. The summed E-state index contributed by atoms with van der Waals surface area (Å²) in [7, 11) is 0. The minimum absolute atomic E-state index is 0.156. The average Bonchev–Trinajstić information content (AvgIpc) is 3.22. The Morgan fingerprint density at radius 3 is 2.38 bits per heavy atom. The van der Waals surface area contributed by atoms with Crippen molar-refractivity contribution >= 4 is 40.2 Å². The number of rotatable bonds is 3. The summed E-state index contributed by atoms with van der Waals surface area (Å²) in [5.74, 6) is -0.474. The van der Waals surface area contributed by atoms with E-state index in [4.69, 9.17) is 4.74 Å². The first-order valence-electron chi connectivity index (χ1n) is 12.7. The molecule has 1 aliphatic heterocycles. The van der Waals surface area contributed by atoms with Crippen LogP contribution in [0.15, 0.2) is 37.1 Å². The minimum atomic E-state index is -0.591. The quantitative estimate of drug-likeness (QED) is 0.415. The van der Waals surface area contributed by atoms with E-state index in [2.05, 4.69) is 25.3 Å². The van der Waals surface area contributed by atoms with E-state index in [1.54, 1.807) is 30.4 Å². The molecule has 204 valence electrons. The van der Waals surface area contributed by atoms with Crippen molar-refractivity contribution in [2.75, 3.05) is 23.3 Å². The number of ether oxygens (including phenoxy) is 1. The van der Waals surface area contributed by atoms with Gasteiger partial charge in [0, 0.05) is 50.1 Å². The van der Waals surface area contributed by atoms with Gasteiger partial charge in [-0.15, -0.1) is 0 Å². The maximum Gasteiger partial charge on any atom is 0.410 e. The first-order chi connectivity index (χ1) is 18.4. The summed E-state index contributed by atoms with van der Waals surface area (Å²) in [6.45, 7) is 12.2. The summed E-state index contributed by atoms with van der Waals surface area (Å²) in [5.41, 5.74) is 1.56. The van der Waals surface area contributed by atoms with Gasteiger partial charge in [-0.1, -0.05) is 0 Å². The maximum absolute atomic E-state index is 14.5. The first-order valence-corrected chi connectivity index (χ1v) is 12.7. The lowest BCUT2D eigenvalue weighted by Gasteiger charge is -2.44. The van der Waals surface area contributed by atoms with Gasteiger partial charge in [-0.3, -0.25) is 14.7 Å². The Balaban J connectivity index is 1.42.